The lowest BCUT2D eigenvalue weighted by Gasteiger charge is -2.36. The Morgan fingerprint density at radius 2 is 1.74 bits per heavy atom. The average Bonchev–Trinajstić information content (AvgIpc) is 2.67. The fourth-order valence-electron chi connectivity index (χ4n) is 3.52. The zero-order chi connectivity index (χ0) is 19.6. The van der Waals surface area contributed by atoms with Gasteiger partial charge in [0, 0.05) is 38.8 Å². The van der Waals surface area contributed by atoms with Crippen LogP contribution in [0.2, 0.25) is 0 Å². The fraction of sp³-hybridized carbons (Fsp3) is 0.588. The van der Waals surface area contributed by atoms with Gasteiger partial charge in [0.25, 0.3) is 5.91 Å². The molecule has 0 unspecified atom stereocenters. The van der Waals surface area contributed by atoms with Crippen molar-refractivity contribution in [1.82, 2.24) is 9.80 Å². The van der Waals surface area contributed by atoms with Gasteiger partial charge in [-0.15, -0.1) is 0 Å². The lowest BCUT2D eigenvalue weighted by molar-refractivity contribution is -0.387. The highest BCUT2D eigenvalue weighted by atomic mass is 19.2. The quantitative estimate of drug-likeness (QED) is 0.450. The fourth-order valence-corrected chi connectivity index (χ4v) is 3.52. The van der Waals surface area contributed by atoms with E-state index in [2.05, 4.69) is 4.90 Å². The molecule has 0 saturated carbocycles. The molecule has 1 aromatic carbocycles. The smallest absolute Gasteiger partial charge is 0.308 e. The first-order chi connectivity index (χ1) is 12.9. The SMILES string of the molecule is O=C(c1cc([N+](=O)[O-])c(F)c(F)c1F)N1CCC(CN2CCOCC2)CC1. The lowest BCUT2D eigenvalue weighted by Crippen LogP contribution is -2.44. The molecule has 0 aromatic heterocycles. The molecular weight excluding hydrogens is 367 g/mol. The lowest BCUT2D eigenvalue weighted by atomic mass is 9.95. The Bertz CT molecular complexity index is 733. The van der Waals surface area contributed by atoms with E-state index in [1.807, 2.05) is 0 Å². The van der Waals surface area contributed by atoms with Crippen LogP contribution in [-0.2, 0) is 4.74 Å². The van der Waals surface area contributed by atoms with Gasteiger partial charge in [0.1, 0.15) is 0 Å². The summed E-state index contributed by atoms with van der Waals surface area (Å²) in [5.74, 6) is -6.10. The van der Waals surface area contributed by atoms with Crippen LogP contribution in [0.15, 0.2) is 6.07 Å². The molecule has 0 N–H and O–H groups in total. The molecule has 2 aliphatic heterocycles. The van der Waals surface area contributed by atoms with Gasteiger partial charge in [-0.1, -0.05) is 0 Å². The molecule has 148 valence electrons. The van der Waals surface area contributed by atoms with Gasteiger partial charge in [-0.2, -0.15) is 4.39 Å². The minimum atomic E-state index is -2.00. The van der Waals surface area contributed by atoms with Crippen molar-refractivity contribution < 1.29 is 27.6 Å². The summed E-state index contributed by atoms with van der Waals surface area (Å²) in [6.07, 6.45) is 1.38. The number of ether oxygens (including phenoxy) is 1. The molecule has 2 aliphatic rings. The second-order valence-corrected chi connectivity index (χ2v) is 6.79. The molecule has 0 aliphatic carbocycles. The van der Waals surface area contributed by atoms with Crippen molar-refractivity contribution in [3.05, 3.63) is 39.2 Å². The Morgan fingerprint density at radius 1 is 1.11 bits per heavy atom. The predicted molar refractivity (Wildman–Crippen MR) is 88.9 cm³/mol. The van der Waals surface area contributed by atoms with Crippen LogP contribution in [0.3, 0.4) is 0 Å². The standard InChI is InChI=1S/C17H20F3N3O4/c18-14-12(9-13(23(25)26)15(19)16(14)20)17(24)22-3-1-11(2-4-22)10-21-5-7-27-8-6-21/h9,11H,1-8,10H2. The van der Waals surface area contributed by atoms with Crippen LogP contribution in [0.5, 0.6) is 0 Å². The highest BCUT2D eigenvalue weighted by molar-refractivity contribution is 5.95. The summed E-state index contributed by atoms with van der Waals surface area (Å²) in [6.45, 7) is 4.68. The number of morpholine rings is 1. The number of halogens is 3. The first-order valence-corrected chi connectivity index (χ1v) is 8.79. The molecular formula is C17H20F3N3O4. The van der Waals surface area contributed by atoms with Crippen molar-refractivity contribution in [2.75, 3.05) is 45.9 Å². The second kappa shape index (κ2) is 8.22. The summed E-state index contributed by atoms with van der Waals surface area (Å²) >= 11 is 0. The van der Waals surface area contributed by atoms with Crippen molar-refractivity contribution in [2.45, 2.75) is 12.8 Å². The number of carbonyl (C=O) groups excluding carboxylic acids is 1. The highest BCUT2D eigenvalue weighted by Gasteiger charge is 2.32. The molecule has 0 atom stereocenters. The molecule has 2 heterocycles. The summed E-state index contributed by atoms with van der Waals surface area (Å²) < 4.78 is 46.4. The highest BCUT2D eigenvalue weighted by Crippen LogP contribution is 2.28. The summed E-state index contributed by atoms with van der Waals surface area (Å²) in [6, 6.07) is 0.468. The Balaban J connectivity index is 1.66. The number of nitrogens with zero attached hydrogens (tertiary/aromatic N) is 3. The molecule has 0 radical (unpaired) electrons. The van der Waals surface area contributed by atoms with Crippen molar-refractivity contribution >= 4 is 11.6 Å². The number of piperidine rings is 1. The Hall–Kier alpha value is -2.20. The van der Waals surface area contributed by atoms with Crippen molar-refractivity contribution in [3.63, 3.8) is 0 Å². The van der Waals surface area contributed by atoms with Crippen molar-refractivity contribution in [1.29, 1.82) is 0 Å². The summed E-state index contributed by atoms with van der Waals surface area (Å²) in [5.41, 5.74) is -2.06. The molecule has 3 rings (SSSR count). The monoisotopic (exact) mass is 387 g/mol. The number of nitro benzene ring substituents is 1. The Labute approximate surface area is 153 Å². The van der Waals surface area contributed by atoms with E-state index in [1.54, 1.807) is 0 Å². The van der Waals surface area contributed by atoms with E-state index in [1.165, 1.54) is 4.90 Å². The first kappa shape index (κ1) is 19.6. The zero-order valence-electron chi connectivity index (χ0n) is 14.6. The third-order valence-corrected chi connectivity index (χ3v) is 5.08. The van der Waals surface area contributed by atoms with Gasteiger partial charge >= 0.3 is 5.69 Å². The van der Waals surface area contributed by atoms with Gasteiger partial charge in [0.15, 0.2) is 5.82 Å². The third-order valence-electron chi connectivity index (χ3n) is 5.08. The summed E-state index contributed by atoms with van der Waals surface area (Å²) in [7, 11) is 0. The minimum Gasteiger partial charge on any atom is -0.379 e. The van der Waals surface area contributed by atoms with Gasteiger partial charge in [0.2, 0.25) is 11.6 Å². The van der Waals surface area contributed by atoms with E-state index < -0.39 is 39.5 Å². The molecule has 0 spiro atoms. The number of amides is 1. The molecule has 27 heavy (non-hydrogen) atoms. The second-order valence-electron chi connectivity index (χ2n) is 6.79. The van der Waals surface area contributed by atoms with Gasteiger partial charge < -0.3 is 9.64 Å². The molecule has 1 amide bonds. The Kier molecular flexibility index (Phi) is 5.95. The summed E-state index contributed by atoms with van der Waals surface area (Å²) in [5, 5.41) is 10.8. The third kappa shape index (κ3) is 4.22. The van der Waals surface area contributed by atoms with Crippen LogP contribution in [0.1, 0.15) is 23.2 Å². The number of hydrogen-bond acceptors (Lipinski definition) is 5. The van der Waals surface area contributed by atoms with Crippen molar-refractivity contribution in [2.24, 2.45) is 5.92 Å². The average molecular weight is 387 g/mol. The zero-order valence-corrected chi connectivity index (χ0v) is 14.6. The van der Waals surface area contributed by atoms with Crippen LogP contribution in [0.4, 0.5) is 18.9 Å². The molecule has 10 heteroatoms. The number of carbonyl (C=O) groups is 1. The van der Waals surface area contributed by atoms with Crippen molar-refractivity contribution in [3.8, 4) is 0 Å². The largest absolute Gasteiger partial charge is 0.379 e. The minimum absolute atomic E-state index is 0.333. The number of hydrogen-bond donors (Lipinski definition) is 0. The molecule has 2 fully saturated rings. The molecule has 1 aromatic rings. The van der Waals surface area contributed by atoms with E-state index in [0.717, 1.165) is 19.6 Å². The molecule has 7 nitrogen and oxygen atoms in total. The normalized spacial score (nSPS) is 19.3. The van der Waals surface area contributed by atoms with Crippen LogP contribution >= 0.6 is 0 Å². The van der Waals surface area contributed by atoms with Gasteiger partial charge in [-0.05, 0) is 18.8 Å². The molecule has 0 bridgehead atoms. The van der Waals surface area contributed by atoms with E-state index in [9.17, 15) is 28.1 Å². The van der Waals surface area contributed by atoms with E-state index in [4.69, 9.17) is 4.74 Å². The first-order valence-electron chi connectivity index (χ1n) is 8.79. The van der Waals surface area contributed by atoms with E-state index in [-0.39, 0.29) is 0 Å². The maximum Gasteiger partial charge on any atom is 0.308 e. The topological polar surface area (TPSA) is 75.9 Å². The number of rotatable bonds is 4. The van der Waals surface area contributed by atoms with Crippen LogP contribution in [0, 0.1) is 33.5 Å². The van der Waals surface area contributed by atoms with Gasteiger partial charge in [0.05, 0.1) is 23.7 Å². The van der Waals surface area contributed by atoms with Crippen LogP contribution < -0.4 is 0 Å². The summed E-state index contributed by atoms with van der Waals surface area (Å²) in [4.78, 5) is 25.8. The van der Waals surface area contributed by atoms with Crippen LogP contribution in [-0.4, -0.2) is 66.6 Å². The van der Waals surface area contributed by atoms with Crippen LogP contribution in [0.25, 0.3) is 0 Å². The van der Waals surface area contributed by atoms with E-state index in [0.29, 0.717) is 51.1 Å². The predicted octanol–water partition coefficient (Wildman–Crippen LogP) is 2.20. The number of nitro groups is 1. The Morgan fingerprint density at radius 3 is 2.33 bits per heavy atom. The van der Waals surface area contributed by atoms with Gasteiger partial charge in [-0.3, -0.25) is 19.8 Å². The van der Waals surface area contributed by atoms with Gasteiger partial charge in [-0.25, -0.2) is 8.78 Å². The maximum atomic E-state index is 14.0. The number of benzene rings is 1. The number of likely N-dealkylation sites (tertiary alicyclic amines) is 1. The maximum absolute atomic E-state index is 14.0. The van der Waals surface area contributed by atoms with E-state index >= 15 is 0 Å². The molecule has 2 saturated heterocycles.